The van der Waals surface area contributed by atoms with Gasteiger partial charge in [-0.1, -0.05) is 0 Å². The molecule has 0 spiro atoms. The number of alkyl halides is 2. The number of amides is 1. The molecule has 1 N–H and O–H groups in total. The topological polar surface area (TPSA) is 81.9 Å². The molecule has 146 valence electrons. The highest BCUT2D eigenvalue weighted by Crippen LogP contribution is 2.46. The number of carbonyl (C=O) groups excluding carboxylic acids is 1. The van der Waals surface area contributed by atoms with E-state index in [9.17, 15) is 13.6 Å². The number of ether oxygens (including phenoxy) is 1. The largest absolute Gasteiger partial charge is 0.486 e. The molecule has 0 radical (unpaired) electrons. The molecule has 1 aliphatic carbocycles. The highest BCUT2D eigenvalue weighted by molar-refractivity contribution is 5.82. The van der Waals surface area contributed by atoms with E-state index in [1.807, 2.05) is 12.3 Å². The van der Waals surface area contributed by atoms with Crippen LogP contribution in [-0.4, -0.2) is 39.2 Å². The zero-order chi connectivity index (χ0) is 19.7. The Morgan fingerprint density at radius 2 is 2.21 bits per heavy atom. The van der Waals surface area contributed by atoms with E-state index in [0.29, 0.717) is 18.7 Å². The van der Waals surface area contributed by atoms with Crippen LogP contribution in [0.25, 0.3) is 10.9 Å². The molecule has 1 fully saturated rings. The molecular weight excluding hydrogens is 368 g/mol. The quantitative estimate of drug-likeness (QED) is 0.601. The number of nitrogens with one attached hydrogen (secondary N) is 1. The van der Waals surface area contributed by atoms with E-state index in [4.69, 9.17) is 4.74 Å². The van der Waals surface area contributed by atoms with Gasteiger partial charge in [-0.3, -0.25) is 19.4 Å². The average molecular weight is 387 g/mol. The molecule has 4 rings (SSSR count). The summed E-state index contributed by atoms with van der Waals surface area (Å²) < 4.78 is 31.4. The van der Waals surface area contributed by atoms with Gasteiger partial charge in [-0.05, 0) is 37.5 Å². The number of aryl methyl sites for hydroxylation is 1. The molecule has 1 saturated carbocycles. The van der Waals surface area contributed by atoms with Crippen LogP contribution >= 0.6 is 0 Å². The van der Waals surface area contributed by atoms with E-state index in [2.05, 4.69) is 20.4 Å². The fraction of sp³-hybridized carbons (Fsp3) is 0.368. The highest BCUT2D eigenvalue weighted by atomic mass is 19.3. The Hall–Kier alpha value is -3.10. The van der Waals surface area contributed by atoms with Gasteiger partial charge in [0.15, 0.2) is 0 Å². The van der Waals surface area contributed by atoms with Crippen molar-refractivity contribution in [1.29, 1.82) is 0 Å². The Balaban J connectivity index is 1.57. The molecule has 7 nitrogen and oxygen atoms in total. The SMILES string of the molecule is Cc1cc(Cn2cc3c(C4(NC=O)CC4)nccc3n2)ncc1OCC(F)F. The van der Waals surface area contributed by atoms with Gasteiger partial charge in [0.25, 0.3) is 6.43 Å². The number of pyridine rings is 2. The van der Waals surface area contributed by atoms with Crippen molar-refractivity contribution in [2.45, 2.75) is 38.3 Å². The molecule has 0 aliphatic heterocycles. The number of fused-ring (bicyclic) bond motifs is 1. The highest BCUT2D eigenvalue weighted by Gasteiger charge is 2.46. The van der Waals surface area contributed by atoms with Gasteiger partial charge in [-0.2, -0.15) is 5.10 Å². The van der Waals surface area contributed by atoms with Crippen LogP contribution in [0.4, 0.5) is 8.78 Å². The molecule has 1 amide bonds. The van der Waals surface area contributed by atoms with E-state index in [-0.39, 0.29) is 0 Å². The lowest BCUT2D eigenvalue weighted by atomic mass is 10.1. The molecule has 3 aromatic heterocycles. The van der Waals surface area contributed by atoms with Crippen LogP contribution in [0.15, 0.2) is 30.7 Å². The maximum Gasteiger partial charge on any atom is 0.272 e. The van der Waals surface area contributed by atoms with E-state index >= 15 is 0 Å². The van der Waals surface area contributed by atoms with Crippen molar-refractivity contribution < 1.29 is 18.3 Å². The summed E-state index contributed by atoms with van der Waals surface area (Å²) in [6.45, 7) is 1.55. The number of carbonyl (C=O) groups is 1. The third-order valence-corrected chi connectivity index (χ3v) is 4.83. The van der Waals surface area contributed by atoms with Crippen LogP contribution in [-0.2, 0) is 16.9 Å². The van der Waals surface area contributed by atoms with E-state index in [0.717, 1.165) is 40.7 Å². The molecule has 0 bridgehead atoms. The summed E-state index contributed by atoms with van der Waals surface area (Å²) in [6, 6.07) is 3.62. The normalized spacial score (nSPS) is 15.0. The van der Waals surface area contributed by atoms with Crippen molar-refractivity contribution in [2.24, 2.45) is 0 Å². The standard InChI is InChI=1S/C19H19F2N5O2/c1-12-6-13(23-7-16(12)28-10-17(20)21)8-26-9-14-15(25-26)2-5-22-18(14)19(3-4-19)24-11-27/h2,5-7,9,11,17H,3-4,8,10H2,1H3,(H,24,27). The van der Waals surface area contributed by atoms with Crippen molar-refractivity contribution in [3.05, 3.63) is 47.7 Å². The maximum absolute atomic E-state index is 12.3. The molecule has 3 heterocycles. The van der Waals surface area contributed by atoms with Crippen molar-refractivity contribution >= 4 is 17.3 Å². The van der Waals surface area contributed by atoms with Crippen molar-refractivity contribution in [3.8, 4) is 5.75 Å². The molecule has 1 aliphatic rings. The lowest BCUT2D eigenvalue weighted by Gasteiger charge is -2.13. The second kappa shape index (κ2) is 7.14. The van der Waals surface area contributed by atoms with Gasteiger partial charge in [0.05, 0.1) is 35.2 Å². The number of hydrogen-bond acceptors (Lipinski definition) is 5. The van der Waals surface area contributed by atoms with Crippen LogP contribution in [0.1, 0.15) is 29.8 Å². The van der Waals surface area contributed by atoms with Gasteiger partial charge < -0.3 is 10.1 Å². The maximum atomic E-state index is 12.3. The van der Waals surface area contributed by atoms with E-state index < -0.39 is 18.6 Å². The molecule has 28 heavy (non-hydrogen) atoms. The first-order chi connectivity index (χ1) is 13.5. The van der Waals surface area contributed by atoms with Crippen molar-refractivity contribution in [1.82, 2.24) is 25.1 Å². The lowest BCUT2D eigenvalue weighted by molar-refractivity contribution is -0.110. The van der Waals surface area contributed by atoms with E-state index in [1.54, 1.807) is 23.9 Å². The predicted octanol–water partition coefficient (Wildman–Crippen LogP) is 2.56. The average Bonchev–Trinajstić information content (AvgIpc) is 3.31. The molecule has 0 atom stereocenters. The minimum Gasteiger partial charge on any atom is -0.486 e. The molecule has 3 aromatic rings. The summed E-state index contributed by atoms with van der Waals surface area (Å²) in [5, 5.41) is 8.34. The smallest absolute Gasteiger partial charge is 0.272 e. The van der Waals surface area contributed by atoms with Crippen LogP contribution in [0, 0.1) is 6.92 Å². The zero-order valence-electron chi connectivity index (χ0n) is 15.2. The summed E-state index contributed by atoms with van der Waals surface area (Å²) in [4.78, 5) is 19.7. The fourth-order valence-corrected chi connectivity index (χ4v) is 3.30. The van der Waals surface area contributed by atoms with Crippen molar-refractivity contribution in [2.75, 3.05) is 6.61 Å². The summed E-state index contributed by atoms with van der Waals surface area (Å²) >= 11 is 0. The Labute approximate surface area is 159 Å². The van der Waals surface area contributed by atoms with Crippen LogP contribution in [0.2, 0.25) is 0 Å². The molecule has 9 heteroatoms. The number of aromatic nitrogens is 4. The first kappa shape index (κ1) is 18.3. The Bertz CT molecular complexity index is 1020. The Kier molecular flexibility index (Phi) is 4.66. The van der Waals surface area contributed by atoms with Gasteiger partial charge in [0.1, 0.15) is 12.4 Å². The number of nitrogens with zero attached hydrogens (tertiary/aromatic N) is 4. The number of rotatable bonds is 8. The van der Waals surface area contributed by atoms with Gasteiger partial charge in [-0.25, -0.2) is 8.78 Å². The van der Waals surface area contributed by atoms with Crippen LogP contribution in [0.3, 0.4) is 0 Å². The summed E-state index contributed by atoms with van der Waals surface area (Å²) in [6.07, 6.45) is 4.93. The van der Waals surface area contributed by atoms with Gasteiger partial charge >= 0.3 is 0 Å². The van der Waals surface area contributed by atoms with Crippen LogP contribution < -0.4 is 10.1 Å². The Morgan fingerprint density at radius 3 is 2.89 bits per heavy atom. The molecule has 0 saturated heterocycles. The third kappa shape index (κ3) is 3.51. The fourth-order valence-electron chi connectivity index (χ4n) is 3.30. The van der Waals surface area contributed by atoms with Crippen molar-refractivity contribution in [3.63, 3.8) is 0 Å². The zero-order valence-corrected chi connectivity index (χ0v) is 15.2. The first-order valence-corrected chi connectivity index (χ1v) is 8.91. The Morgan fingerprint density at radius 1 is 1.39 bits per heavy atom. The minimum absolute atomic E-state index is 0.344. The van der Waals surface area contributed by atoms with E-state index in [1.165, 1.54) is 6.20 Å². The summed E-state index contributed by atoms with van der Waals surface area (Å²) in [7, 11) is 0. The summed E-state index contributed by atoms with van der Waals surface area (Å²) in [5.74, 6) is 0.344. The molecule has 0 aromatic carbocycles. The molecule has 0 unspecified atom stereocenters. The van der Waals surface area contributed by atoms with Crippen LogP contribution in [0.5, 0.6) is 5.75 Å². The van der Waals surface area contributed by atoms with Gasteiger partial charge in [0, 0.05) is 17.8 Å². The number of hydrogen-bond donors (Lipinski definition) is 1. The second-order valence-electron chi connectivity index (χ2n) is 6.91. The monoisotopic (exact) mass is 387 g/mol. The second-order valence-corrected chi connectivity index (χ2v) is 6.91. The predicted molar refractivity (Wildman–Crippen MR) is 97.2 cm³/mol. The minimum atomic E-state index is -2.53. The lowest BCUT2D eigenvalue weighted by Crippen LogP contribution is -2.28. The summed E-state index contributed by atoms with van der Waals surface area (Å²) in [5.41, 5.74) is 2.68. The number of halogens is 2. The van der Waals surface area contributed by atoms with Gasteiger partial charge in [0.2, 0.25) is 6.41 Å². The molecular formula is C19H19F2N5O2. The van der Waals surface area contributed by atoms with Gasteiger partial charge in [-0.15, -0.1) is 0 Å². The third-order valence-electron chi connectivity index (χ3n) is 4.83. The first-order valence-electron chi connectivity index (χ1n) is 8.91.